The highest BCUT2D eigenvalue weighted by Crippen LogP contribution is 2.36. The molecule has 0 spiro atoms. The Kier molecular flexibility index (Phi) is 3.33. The van der Waals surface area contributed by atoms with E-state index in [4.69, 9.17) is 0 Å². The first-order chi connectivity index (χ1) is 8.49. The van der Waals surface area contributed by atoms with Crippen LogP contribution in [0.3, 0.4) is 0 Å². The molecule has 18 heavy (non-hydrogen) atoms. The number of nitro groups is 1. The Labute approximate surface area is 107 Å². The molecule has 0 aliphatic carbocycles. The lowest BCUT2D eigenvalue weighted by Gasteiger charge is -2.03. The summed E-state index contributed by atoms with van der Waals surface area (Å²) in [4.78, 5) is 10.4. The number of aromatic nitrogens is 2. The van der Waals surface area contributed by atoms with Crippen molar-refractivity contribution in [1.29, 1.82) is 0 Å². The number of benzene rings is 1. The van der Waals surface area contributed by atoms with Crippen LogP contribution in [0.15, 0.2) is 34.2 Å². The van der Waals surface area contributed by atoms with Crippen LogP contribution in [0.1, 0.15) is 5.69 Å². The van der Waals surface area contributed by atoms with Crippen molar-refractivity contribution in [3.8, 4) is 0 Å². The van der Waals surface area contributed by atoms with Gasteiger partial charge in [-0.2, -0.15) is 9.49 Å². The second-order valence-electron chi connectivity index (χ2n) is 3.69. The van der Waals surface area contributed by atoms with Crippen molar-refractivity contribution in [2.75, 3.05) is 0 Å². The van der Waals surface area contributed by atoms with Gasteiger partial charge >= 0.3 is 5.69 Å². The summed E-state index contributed by atoms with van der Waals surface area (Å²) in [7, 11) is 1.74. The monoisotopic (exact) mass is 267 g/mol. The molecule has 7 heteroatoms. The fourth-order valence-electron chi connectivity index (χ4n) is 1.55. The van der Waals surface area contributed by atoms with Crippen LogP contribution in [0, 0.1) is 22.9 Å². The van der Waals surface area contributed by atoms with Crippen LogP contribution in [-0.4, -0.2) is 14.7 Å². The maximum atomic E-state index is 13.4. The third kappa shape index (κ3) is 2.35. The number of halogens is 1. The molecular weight excluding hydrogens is 257 g/mol. The maximum Gasteiger partial charge on any atom is 0.318 e. The molecule has 0 saturated heterocycles. The van der Waals surface area contributed by atoms with Gasteiger partial charge in [0.15, 0.2) is 0 Å². The third-order valence-electron chi connectivity index (χ3n) is 2.31. The zero-order chi connectivity index (χ0) is 13.3. The van der Waals surface area contributed by atoms with Crippen molar-refractivity contribution in [3.05, 3.63) is 45.9 Å². The van der Waals surface area contributed by atoms with Gasteiger partial charge in [-0.1, -0.05) is 17.8 Å². The number of aryl methyl sites for hydroxylation is 2. The van der Waals surface area contributed by atoms with Crippen molar-refractivity contribution >= 4 is 17.4 Å². The zero-order valence-electron chi connectivity index (χ0n) is 9.75. The summed E-state index contributed by atoms with van der Waals surface area (Å²) < 4.78 is 15.0. The van der Waals surface area contributed by atoms with Gasteiger partial charge in [-0.15, -0.1) is 0 Å². The van der Waals surface area contributed by atoms with Crippen LogP contribution in [0.5, 0.6) is 0 Å². The molecule has 2 aromatic rings. The minimum Gasteiger partial charge on any atom is -0.262 e. The van der Waals surface area contributed by atoms with E-state index in [1.165, 1.54) is 12.1 Å². The first-order valence-electron chi connectivity index (χ1n) is 5.10. The molecule has 0 fully saturated rings. The Morgan fingerprint density at radius 2 is 2.22 bits per heavy atom. The number of hydrogen-bond acceptors (Lipinski definition) is 4. The summed E-state index contributed by atoms with van der Waals surface area (Å²) in [6, 6.07) is 5.85. The van der Waals surface area contributed by atoms with Crippen LogP contribution in [-0.2, 0) is 7.05 Å². The van der Waals surface area contributed by atoms with Crippen LogP contribution >= 0.6 is 11.8 Å². The van der Waals surface area contributed by atoms with Crippen molar-refractivity contribution in [2.45, 2.75) is 16.8 Å². The van der Waals surface area contributed by atoms with Gasteiger partial charge in [-0.25, -0.2) is 0 Å². The van der Waals surface area contributed by atoms with Gasteiger partial charge in [0.1, 0.15) is 0 Å². The average molecular weight is 267 g/mol. The lowest BCUT2D eigenvalue weighted by Crippen LogP contribution is -1.96. The highest BCUT2D eigenvalue weighted by molar-refractivity contribution is 7.99. The number of nitro benzene ring substituents is 1. The van der Waals surface area contributed by atoms with Crippen molar-refractivity contribution in [1.82, 2.24) is 9.78 Å². The van der Waals surface area contributed by atoms with Gasteiger partial charge in [0.25, 0.3) is 0 Å². The molecule has 0 aliphatic rings. The maximum absolute atomic E-state index is 13.4. The Hall–Kier alpha value is -1.89. The fraction of sp³-hybridized carbons (Fsp3) is 0.182. The van der Waals surface area contributed by atoms with E-state index in [2.05, 4.69) is 5.10 Å². The molecule has 0 atom stereocenters. The zero-order valence-corrected chi connectivity index (χ0v) is 10.6. The molecule has 1 heterocycles. The Balaban J connectivity index is 2.43. The molecule has 0 bridgehead atoms. The third-order valence-corrected chi connectivity index (χ3v) is 3.45. The van der Waals surface area contributed by atoms with Crippen molar-refractivity contribution < 1.29 is 9.31 Å². The lowest BCUT2D eigenvalue weighted by molar-refractivity contribution is -0.390. The number of hydrogen-bond donors (Lipinski definition) is 0. The highest BCUT2D eigenvalue weighted by Gasteiger charge is 2.21. The second-order valence-corrected chi connectivity index (χ2v) is 4.76. The van der Waals surface area contributed by atoms with Gasteiger partial charge in [-0.3, -0.25) is 14.8 Å². The van der Waals surface area contributed by atoms with Crippen LogP contribution in [0.2, 0.25) is 0 Å². The van der Waals surface area contributed by atoms with Crippen molar-refractivity contribution in [3.63, 3.8) is 0 Å². The van der Waals surface area contributed by atoms with E-state index in [-0.39, 0.29) is 4.90 Å². The first-order valence-corrected chi connectivity index (χ1v) is 5.92. The first kappa shape index (κ1) is 12.6. The average Bonchev–Trinajstić information content (AvgIpc) is 2.57. The number of rotatable bonds is 3. The number of nitrogens with zero attached hydrogens (tertiary/aromatic N) is 3. The Bertz CT molecular complexity index is 612. The number of para-hydroxylation sites is 1. The molecule has 5 nitrogen and oxygen atoms in total. The molecule has 0 saturated carbocycles. The SMILES string of the molecule is Cc1cc(Sc2cccc(F)c2[N+](=O)[O-])n(C)n1. The molecule has 0 unspecified atom stereocenters. The molecule has 1 aromatic carbocycles. The van der Waals surface area contributed by atoms with E-state index >= 15 is 0 Å². The summed E-state index contributed by atoms with van der Waals surface area (Å²) in [6.45, 7) is 1.82. The van der Waals surface area contributed by atoms with Gasteiger partial charge in [0.05, 0.1) is 20.5 Å². The lowest BCUT2D eigenvalue weighted by atomic mass is 10.3. The smallest absolute Gasteiger partial charge is 0.262 e. The van der Waals surface area contributed by atoms with E-state index in [1.807, 2.05) is 6.92 Å². The summed E-state index contributed by atoms with van der Waals surface area (Å²) in [5.74, 6) is -0.830. The molecule has 1 aromatic heterocycles. The van der Waals surface area contributed by atoms with E-state index in [0.29, 0.717) is 0 Å². The Morgan fingerprint density at radius 1 is 1.50 bits per heavy atom. The van der Waals surface area contributed by atoms with Gasteiger partial charge in [0.2, 0.25) is 5.82 Å². The summed E-state index contributed by atoms with van der Waals surface area (Å²) in [5, 5.41) is 15.7. The normalized spacial score (nSPS) is 10.6. The van der Waals surface area contributed by atoms with E-state index in [1.54, 1.807) is 17.8 Å². The summed E-state index contributed by atoms with van der Waals surface area (Å²) >= 11 is 1.12. The largest absolute Gasteiger partial charge is 0.318 e. The van der Waals surface area contributed by atoms with Gasteiger partial charge in [0, 0.05) is 7.05 Å². The molecule has 0 aliphatic heterocycles. The second kappa shape index (κ2) is 4.77. The van der Waals surface area contributed by atoms with Gasteiger partial charge < -0.3 is 0 Å². The van der Waals surface area contributed by atoms with E-state index in [9.17, 15) is 14.5 Å². The quantitative estimate of drug-likeness (QED) is 0.633. The van der Waals surface area contributed by atoms with Gasteiger partial charge in [-0.05, 0) is 25.1 Å². The topological polar surface area (TPSA) is 61.0 Å². The molecule has 94 valence electrons. The highest BCUT2D eigenvalue weighted by atomic mass is 32.2. The standard InChI is InChI=1S/C11H10FN3O2S/c1-7-6-10(14(2)13-7)18-9-5-3-4-8(12)11(9)15(16)17/h3-6H,1-2H3. The predicted molar refractivity (Wildman–Crippen MR) is 65.1 cm³/mol. The van der Waals surface area contributed by atoms with Crippen molar-refractivity contribution in [2.24, 2.45) is 7.05 Å². The minimum atomic E-state index is -0.830. The molecule has 0 N–H and O–H groups in total. The van der Waals surface area contributed by atoms with Crippen LogP contribution in [0.4, 0.5) is 10.1 Å². The van der Waals surface area contributed by atoms with Crippen LogP contribution < -0.4 is 0 Å². The molecule has 0 radical (unpaired) electrons. The van der Waals surface area contributed by atoms with E-state index in [0.717, 1.165) is 28.5 Å². The molecule has 0 amide bonds. The Morgan fingerprint density at radius 3 is 2.78 bits per heavy atom. The van der Waals surface area contributed by atoms with E-state index < -0.39 is 16.4 Å². The molecular formula is C11H10FN3O2S. The fourth-order valence-corrected chi connectivity index (χ4v) is 2.59. The summed E-state index contributed by atoms with van der Waals surface area (Å²) in [6.07, 6.45) is 0. The van der Waals surface area contributed by atoms with Crippen LogP contribution in [0.25, 0.3) is 0 Å². The summed E-state index contributed by atoms with van der Waals surface area (Å²) in [5.41, 5.74) is 0.306. The minimum absolute atomic E-state index is 0.267. The molecule has 2 rings (SSSR count). The predicted octanol–water partition coefficient (Wildman–Crippen LogP) is 2.93.